The predicted octanol–water partition coefficient (Wildman–Crippen LogP) is 2.78. The van der Waals surface area contributed by atoms with Crippen LogP contribution in [0.4, 0.5) is 4.39 Å². The van der Waals surface area contributed by atoms with E-state index in [9.17, 15) is 4.39 Å². The van der Waals surface area contributed by atoms with Crippen molar-refractivity contribution in [2.45, 2.75) is 63.6 Å². The van der Waals surface area contributed by atoms with E-state index in [0.29, 0.717) is 5.88 Å². The molecule has 1 atom stereocenters. The monoisotopic (exact) mass is 335 g/mol. The van der Waals surface area contributed by atoms with Crippen LogP contribution in [0.15, 0.2) is 23.4 Å². The summed E-state index contributed by atoms with van der Waals surface area (Å²) in [4.78, 5) is 4.96. The van der Waals surface area contributed by atoms with Crippen LogP contribution in [0.3, 0.4) is 0 Å². The van der Waals surface area contributed by atoms with Gasteiger partial charge in [0.1, 0.15) is 6.10 Å². The molecule has 24 heavy (non-hydrogen) atoms. The third-order valence-electron chi connectivity index (χ3n) is 6.22. The fourth-order valence-electron chi connectivity index (χ4n) is 4.35. The van der Waals surface area contributed by atoms with Crippen LogP contribution in [-0.2, 0) is 4.74 Å². The van der Waals surface area contributed by atoms with Crippen LogP contribution in [0.5, 0.6) is 0 Å². The fourth-order valence-corrected chi connectivity index (χ4v) is 4.35. The Morgan fingerprint density at radius 3 is 2.62 bits per heavy atom. The number of hydrogen-bond donors (Lipinski definition) is 1. The standard InChI is InChI=1S/C19H30FN3O/c1-2-22-9-8-18-14(13-22)12-17(20)19(21-18)24-16-6-10-23(11-7-16)15-4-3-5-15/h12,15-16,18,21H,2-11,13H2,1H3. The Morgan fingerprint density at radius 2 is 1.96 bits per heavy atom. The number of allylic oxidation sites excluding steroid dienone is 2. The lowest BCUT2D eigenvalue weighted by Crippen LogP contribution is -2.48. The Kier molecular flexibility index (Phi) is 4.81. The zero-order valence-electron chi connectivity index (χ0n) is 14.8. The lowest BCUT2D eigenvalue weighted by Gasteiger charge is -2.42. The summed E-state index contributed by atoms with van der Waals surface area (Å²) in [5.74, 6) is 0.163. The van der Waals surface area contributed by atoms with Gasteiger partial charge in [0, 0.05) is 32.2 Å². The van der Waals surface area contributed by atoms with Crippen LogP contribution in [0.25, 0.3) is 0 Å². The first-order valence-corrected chi connectivity index (χ1v) is 9.72. The number of halogens is 1. The summed E-state index contributed by atoms with van der Waals surface area (Å²) in [5.41, 5.74) is 1.16. The summed E-state index contributed by atoms with van der Waals surface area (Å²) in [5, 5.41) is 3.33. The highest BCUT2D eigenvalue weighted by molar-refractivity contribution is 5.32. The highest BCUT2D eigenvalue weighted by Gasteiger charge is 2.32. The number of likely N-dealkylation sites (tertiary alicyclic amines) is 2. The number of dihydropyridines is 1. The molecule has 1 aliphatic carbocycles. The summed E-state index contributed by atoms with van der Waals surface area (Å²) in [6, 6.07) is 1.06. The molecule has 3 fully saturated rings. The van der Waals surface area contributed by atoms with E-state index in [2.05, 4.69) is 22.0 Å². The first-order chi connectivity index (χ1) is 11.7. The van der Waals surface area contributed by atoms with Crippen molar-refractivity contribution < 1.29 is 9.13 Å². The predicted molar refractivity (Wildman–Crippen MR) is 93.2 cm³/mol. The van der Waals surface area contributed by atoms with Crippen LogP contribution < -0.4 is 5.32 Å². The van der Waals surface area contributed by atoms with Crippen molar-refractivity contribution in [3.05, 3.63) is 23.4 Å². The molecule has 0 spiro atoms. The number of rotatable bonds is 4. The fraction of sp³-hybridized carbons (Fsp3) is 0.789. The average Bonchev–Trinajstić information content (AvgIpc) is 2.55. The van der Waals surface area contributed by atoms with E-state index >= 15 is 0 Å². The van der Waals surface area contributed by atoms with Gasteiger partial charge < -0.3 is 15.0 Å². The summed E-state index contributed by atoms with van der Waals surface area (Å²) < 4.78 is 20.5. The molecular weight excluding hydrogens is 305 g/mol. The molecule has 4 rings (SSSR count). The quantitative estimate of drug-likeness (QED) is 0.855. The van der Waals surface area contributed by atoms with Gasteiger partial charge in [0.2, 0.25) is 5.88 Å². The van der Waals surface area contributed by atoms with E-state index in [-0.39, 0.29) is 18.0 Å². The molecule has 134 valence electrons. The first kappa shape index (κ1) is 16.4. The molecule has 3 aliphatic heterocycles. The maximum Gasteiger partial charge on any atom is 0.224 e. The largest absolute Gasteiger partial charge is 0.474 e. The Bertz CT molecular complexity index is 521. The molecule has 0 radical (unpaired) electrons. The molecule has 0 aromatic heterocycles. The number of hydrogen-bond acceptors (Lipinski definition) is 4. The summed E-state index contributed by atoms with van der Waals surface area (Å²) in [6.07, 6.45) is 9.02. The average molecular weight is 335 g/mol. The van der Waals surface area contributed by atoms with Crippen molar-refractivity contribution in [3.8, 4) is 0 Å². The van der Waals surface area contributed by atoms with Crippen molar-refractivity contribution in [1.82, 2.24) is 15.1 Å². The van der Waals surface area contributed by atoms with Gasteiger partial charge in [-0.1, -0.05) is 13.3 Å². The smallest absolute Gasteiger partial charge is 0.224 e. The van der Waals surface area contributed by atoms with Gasteiger partial charge in [-0.25, -0.2) is 4.39 Å². The highest BCUT2D eigenvalue weighted by atomic mass is 19.1. The van der Waals surface area contributed by atoms with Gasteiger partial charge in [0.05, 0.1) is 6.04 Å². The Labute approximate surface area is 144 Å². The van der Waals surface area contributed by atoms with Gasteiger partial charge in [0.25, 0.3) is 0 Å². The van der Waals surface area contributed by atoms with Crippen LogP contribution in [0, 0.1) is 0 Å². The Hall–Kier alpha value is -1.07. The molecule has 1 saturated carbocycles. The summed E-state index contributed by atoms with van der Waals surface area (Å²) in [7, 11) is 0. The summed E-state index contributed by atoms with van der Waals surface area (Å²) in [6.45, 7) is 7.32. The van der Waals surface area contributed by atoms with E-state index < -0.39 is 0 Å². The van der Waals surface area contributed by atoms with Gasteiger partial charge in [-0.15, -0.1) is 0 Å². The van der Waals surface area contributed by atoms with Gasteiger partial charge in [-0.3, -0.25) is 4.90 Å². The van der Waals surface area contributed by atoms with E-state index in [0.717, 1.165) is 63.6 Å². The van der Waals surface area contributed by atoms with Crippen molar-refractivity contribution in [2.75, 3.05) is 32.7 Å². The van der Waals surface area contributed by atoms with Crippen molar-refractivity contribution in [1.29, 1.82) is 0 Å². The molecule has 0 aromatic rings. The number of nitrogens with one attached hydrogen (secondary N) is 1. The van der Waals surface area contributed by atoms with Gasteiger partial charge in [-0.05, 0) is 50.3 Å². The topological polar surface area (TPSA) is 27.7 Å². The third-order valence-corrected chi connectivity index (χ3v) is 6.22. The minimum absolute atomic E-state index is 0.153. The summed E-state index contributed by atoms with van der Waals surface area (Å²) >= 11 is 0. The second kappa shape index (κ2) is 7.04. The normalized spacial score (nSPS) is 30.4. The van der Waals surface area contributed by atoms with Crippen LogP contribution in [0.2, 0.25) is 0 Å². The van der Waals surface area contributed by atoms with Gasteiger partial charge in [0.15, 0.2) is 5.83 Å². The first-order valence-electron chi connectivity index (χ1n) is 9.72. The molecule has 2 saturated heterocycles. The van der Waals surface area contributed by atoms with Crippen LogP contribution in [-0.4, -0.2) is 60.7 Å². The Morgan fingerprint density at radius 1 is 1.17 bits per heavy atom. The maximum atomic E-state index is 14.5. The molecule has 1 N–H and O–H groups in total. The SMILES string of the molecule is CCN1CCC2NC(OC3CCN(C4CCC4)CC3)=C(F)C=C2C1. The minimum Gasteiger partial charge on any atom is -0.474 e. The number of ether oxygens (including phenoxy) is 1. The van der Waals surface area contributed by atoms with Crippen LogP contribution in [0.1, 0.15) is 45.4 Å². The molecular formula is C19H30FN3O. The zero-order chi connectivity index (χ0) is 16.5. The van der Waals surface area contributed by atoms with Crippen molar-refractivity contribution >= 4 is 0 Å². The molecule has 0 bridgehead atoms. The zero-order valence-corrected chi connectivity index (χ0v) is 14.8. The lowest BCUT2D eigenvalue weighted by molar-refractivity contribution is 0.00900. The van der Waals surface area contributed by atoms with Gasteiger partial charge >= 0.3 is 0 Å². The second-order valence-electron chi connectivity index (χ2n) is 7.69. The van der Waals surface area contributed by atoms with E-state index in [1.807, 2.05) is 0 Å². The lowest BCUT2D eigenvalue weighted by atomic mass is 9.90. The van der Waals surface area contributed by atoms with Crippen molar-refractivity contribution in [3.63, 3.8) is 0 Å². The second-order valence-corrected chi connectivity index (χ2v) is 7.69. The molecule has 4 nitrogen and oxygen atoms in total. The van der Waals surface area contributed by atoms with Gasteiger partial charge in [-0.2, -0.15) is 0 Å². The molecule has 4 aliphatic rings. The van der Waals surface area contributed by atoms with E-state index in [1.54, 1.807) is 6.08 Å². The van der Waals surface area contributed by atoms with E-state index in [1.165, 1.54) is 19.3 Å². The number of piperidine rings is 2. The molecule has 0 aromatic carbocycles. The van der Waals surface area contributed by atoms with Crippen LogP contribution >= 0.6 is 0 Å². The van der Waals surface area contributed by atoms with Crippen molar-refractivity contribution in [2.24, 2.45) is 0 Å². The molecule has 3 heterocycles. The number of fused-ring (bicyclic) bond motifs is 1. The minimum atomic E-state index is -0.222. The number of likely N-dealkylation sites (N-methyl/N-ethyl adjacent to an activating group) is 1. The van der Waals surface area contributed by atoms with E-state index in [4.69, 9.17) is 4.74 Å². The Balaban J connectivity index is 1.34. The maximum absolute atomic E-state index is 14.5. The molecule has 5 heteroatoms. The number of nitrogens with zero attached hydrogens (tertiary/aromatic N) is 2. The molecule has 1 unspecified atom stereocenters. The molecule has 0 amide bonds. The third kappa shape index (κ3) is 3.33. The highest BCUT2D eigenvalue weighted by Crippen LogP contribution is 2.30.